The molecule has 0 aromatic rings. The third-order valence-corrected chi connectivity index (χ3v) is 3.09. The molecular weight excluding hydrogens is 178 g/mol. The van der Waals surface area contributed by atoms with Crippen molar-refractivity contribution in [2.45, 2.75) is 51.6 Å². The predicted octanol–water partition coefficient (Wildman–Crippen LogP) is 0.629. The van der Waals surface area contributed by atoms with Crippen molar-refractivity contribution in [2.75, 3.05) is 6.54 Å². The molecule has 0 unspecified atom stereocenters. The van der Waals surface area contributed by atoms with E-state index in [1.807, 2.05) is 6.92 Å². The molecule has 1 aliphatic heterocycles. The number of likely N-dealkylation sites (tertiary alicyclic amines) is 1. The van der Waals surface area contributed by atoms with Crippen molar-refractivity contribution in [1.82, 2.24) is 10.3 Å². The third-order valence-electron chi connectivity index (χ3n) is 3.09. The van der Waals surface area contributed by atoms with Crippen molar-refractivity contribution in [2.24, 2.45) is 5.84 Å². The van der Waals surface area contributed by atoms with Gasteiger partial charge in [0, 0.05) is 6.04 Å². The summed E-state index contributed by atoms with van der Waals surface area (Å²) in [7, 11) is 0. The molecule has 0 aromatic carbocycles. The van der Waals surface area contributed by atoms with Gasteiger partial charge >= 0.3 is 0 Å². The molecule has 3 N–H and O–H groups in total. The molecule has 1 fully saturated rings. The molecule has 1 rings (SSSR count). The number of rotatable bonds is 3. The maximum absolute atomic E-state index is 11.5. The van der Waals surface area contributed by atoms with E-state index in [0.29, 0.717) is 6.04 Å². The smallest absolute Gasteiger partial charge is 0.251 e. The molecule has 0 spiro atoms. The Labute approximate surface area is 85.8 Å². The van der Waals surface area contributed by atoms with E-state index in [9.17, 15) is 4.79 Å². The Morgan fingerprint density at radius 2 is 2.36 bits per heavy atom. The Balaban J connectivity index is 2.61. The average molecular weight is 199 g/mol. The Kier molecular flexibility index (Phi) is 4.35. The number of nitrogens with one attached hydrogen (secondary N) is 1. The van der Waals surface area contributed by atoms with E-state index in [1.54, 1.807) is 0 Å². The van der Waals surface area contributed by atoms with Crippen molar-refractivity contribution in [3.05, 3.63) is 0 Å². The van der Waals surface area contributed by atoms with Crippen molar-refractivity contribution in [3.63, 3.8) is 0 Å². The van der Waals surface area contributed by atoms with Crippen molar-refractivity contribution in [1.29, 1.82) is 0 Å². The molecule has 1 heterocycles. The Morgan fingerprint density at radius 1 is 1.64 bits per heavy atom. The van der Waals surface area contributed by atoms with Crippen LogP contribution in [0.25, 0.3) is 0 Å². The second-order valence-electron chi connectivity index (χ2n) is 4.02. The van der Waals surface area contributed by atoms with Crippen LogP contribution in [0.4, 0.5) is 0 Å². The van der Waals surface area contributed by atoms with Crippen LogP contribution in [0.2, 0.25) is 0 Å². The summed E-state index contributed by atoms with van der Waals surface area (Å²) >= 11 is 0. The molecule has 82 valence electrons. The molecule has 4 nitrogen and oxygen atoms in total. The Bertz CT molecular complexity index is 196. The van der Waals surface area contributed by atoms with E-state index < -0.39 is 0 Å². The first-order chi connectivity index (χ1) is 6.70. The topological polar surface area (TPSA) is 58.4 Å². The first kappa shape index (κ1) is 11.5. The molecule has 14 heavy (non-hydrogen) atoms. The van der Waals surface area contributed by atoms with Gasteiger partial charge < -0.3 is 0 Å². The van der Waals surface area contributed by atoms with E-state index in [0.717, 1.165) is 13.0 Å². The molecule has 0 bridgehead atoms. The second-order valence-corrected chi connectivity index (χ2v) is 4.02. The van der Waals surface area contributed by atoms with Crippen LogP contribution >= 0.6 is 0 Å². The van der Waals surface area contributed by atoms with E-state index in [-0.39, 0.29) is 11.9 Å². The maximum Gasteiger partial charge on any atom is 0.251 e. The lowest BCUT2D eigenvalue weighted by atomic mass is 10.00. The number of amides is 1. The van der Waals surface area contributed by atoms with E-state index in [4.69, 9.17) is 5.84 Å². The van der Waals surface area contributed by atoms with Crippen LogP contribution in [-0.2, 0) is 4.79 Å². The Hall–Kier alpha value is -0.610. The number of hydrogen-bond acceptors (Lipinski definition) is 3. The van der Waals surface area contributed by atoms with Crippen LogP contribution in [0, 0.1) is 0 Å². The number of nitrogens with zero attached hydrogens (tertiary/aromatic N) is 1. The standard InChI is InChI=1S/C10H21N3O/c1-3-9(10(14)12-11)13-7-5-4-6-8(13)2/h8-9H,3-7,11H2,1-2H3,(H,12,14)/t8-,9+/m1/s1. The molecular formula is C10H21N3O. The normalized spacial score (nSPS) is 25.8. The van der Waals surface area contributed by atoms with Gasteiger partial charge in [0.25, 0.3) is 5.91 Å². The maximum atomic E-state index is 11.5. The zero-order chi connectivity index (χ0) is 10.6. The van der Waals surface area contributed by atoms with Gasteiger partial charge in [0.05, 0.1) is 6.04 Å². The minimum Gasteiger partial charge on any atom is -0.293 e. The lowest BCUT2D eigenvalue weighted by Gasteiger charge is -2.38. The molecule has 4 heteroatoms. The van der Waals surface area contributed by atoms with Gasteiger partial charge in [-0.05, 0) is 32.7 Å². The highest BCUT2D eigenvalue weighted by Crippen LogP contribution is 2.20. The zero-order valence-electron chi connectivity index (χ0n) is 9.12. The number of nitrogens with two attached hydrogens (primary N) is 1. The van der Waals surface area contributed by atoms with Gasteiger partial charge in [0.2, 0.25) is 0 Å². The van der Waals surface area contributed by atoms with Crippen molar-refractivity contribution in [3.8, 4) is 0 Å². The summed E-state index contributed by atoms with van der Waals surface area (Å²) in [6.45, 7) is 5.24. The highest BCUT2D eigenvalue weighted by Gasteiger charge is 2.29. The lowest BCUT2D eigenvalue weighted by molar-refractivity contribution is -0.128. The monoisotopic (exact) mass is 199 g/mol. The number of hydrazine groups is 1. The van der Waals surface area contributed by atoms with E-state index in [1.165, 1.54) is 19.3 Å². The number of hydrogen-bond donors (Lipinski definition) is 2. The van der Waals surface area contributed by atoms with Gasteiger partial charge in [-0.3, -0.25) is 15.1 Å². The summed E-state index contributed by atoms with van der Waals surface area (Å²) in [5.74, 6) is 5.12. The quantitative estimate of drug-likeness (QED) is 0.398. The van der Waals surface area contributed by atoms with Gasteiger partial charge in [-0.2, -0.15) is 0 Å². The van der Waals surface area contributed by atoms with Crippen LogP contribution in [0.3, 0.4) is 0 Å². The fraction of sp³-hybridized carbons (Fsp3) is 0.900. The largest absolute Gasteiger partial charge is 0.293 e. The summed E-state index contributed by atoms with van der Waals surface area (Å²) in [5, 5.41) is 0. The first-order valence-electron chi connectivity index (χ1n) is 5.47. The molecule has 1 saturated heterocycles. The van der Waals surface area contributed by atoms with Crippen molar-refractivity contribution >= 4 is 5.91 Å². The van der Waals surface area contributed by atoms with E-state index >= 15 is 0 Å². The summed E-state index contributed by atoms with van der Waals surface area (Å²) in [6.07, 6.45) is 4.48. The fourth-order valence-corrected chi connectivity index (χ4v) is 2.25. The van der Waals surface area contributed by atoms with E-state index in [2.05, 4.69) is 17.2 Å². The SMILES string of the molecule is CC[C@@H](C(=O)NN)N1CCCC[C@H]1C. The van der Waals surface area contributed by atoms with Gasteiger partial charge in [-0.15, -0.1) is 0 Å². The summed E-state index contributed by atoms with van der Waals surface area (Å²) in [5.41, 5.74) is 2.25. The van der Waals surface area contributed by atoms with Gasteiger partial charge in [-0.25, -0.2) is 5.84 Å². The highest BCUT2D eigenvalue weighted by molar-refractivity contribution is 5.81. The minimum atomic E-state index is -0.0544. The van der Waals surface area contributed by atoms with Crippen molar-refractivity contribution < 1.29 is 4.79 Å². The highest BCUT2D eigenvalue weighted by atomic mass is 16.2. The van der Waals surface area contributed by atoms with Crippen LogP contribution in [0.5, 0.6) is 0 Å². The molecule has 1 amide bonds. The molecule has 0 saturated carbocycles. The number of carbonyl (C=O) groups excluding carboxylic acids is 1. The summed E-state index contributed by atoms with van der Waals surface area (Å²) in [6, 6.07) is 0.460. The predicted molar refractivity (Wildman–Crippen MR) is 56.4 cm³/mol. The molecule has 0 radical (unpaired) electrons. The Morgan fingerprint density at radius 3 is 2.86 bits per heavy atom. The lowest BCUT2D eigenvalue weighted by Crippen LogP contribution is -2.53. The van der Waals surface area contributed by atoms with Crippen LogP contribution in [0.15, 0.2) is 0 Å². The average Bonchev–Trinajstić information content (AvgIpc) is 2.21. The first-order valence-corrected chi connectivity index (χ1v) is 5.47. The van der Waals surface area contributed by atoms with Crippen LogP contribution in [-0.4, -0.2) is 29.4 Å². The van der Waals surface area contributed by atoms with Gasteiger partial charge in [0.1, 0.15) is 0 Å². The van der Waals surface area contributed by atoms with Gasteiger partial charge in [0.15, 0.2) is 0 Å². The molecule has 0 aliphatic carbocycles. The van der Waals surface area contributed by atoms with Crippen LogP contribution in [0.1, 0.15) is 39.5 Å². The van der Waals surface area contributed by atoms with Gasteiger partial charge in [-0.1, -0.05) is 13.3 Å². The molecule has 0 aromatic heterocycles. The van der Waals surface area contributed by atoms with Crippen LogP contribution < -0.4 is 11.3 Å². The summed E-state index contributed by atoms with van der Waals surface area (Å²) < 4.78 is 0. The second kappa shape index (κ2) is 5.32. The number of piperidine rings is 1. The molecule has 1 aliphatic rings. The summed E-state index contributed by atoms with van der Waals surface area (Å²) in [4.78, 5) is 13.8. The number of carbonyl (C=O) groups is 1. The zero-order valence-corrected chi connectivity index (χ0v) is 9.12. The minimum absolute atomic E-state index is 0.0460. The molecule has 2 atom stereocenters. The third kappa shape index (κ3) is 2.45. The fourth-order valence-electron chi connectivity index (χ4n) is 2.25.